The van der Waals surface area contributed by atoms with Crippen LogP contribution in [0, 0.1) is 23.2 Å². The molecule has 6 nitrogen and oxygen atoms in total. The molecule has 162 valence electrons. The number of hydrogen-bond acceptors (Lipinski definition) is 4. The van der Waals surface area contributed by atoms with E-state index in [4.69, 9.17) is 0 Å². The number of para-hydroxylation sites is 1. The standard InChI is InChI=1S/C24H34N4O2/c29-22(6-7-27-8-10-28(11-9-27)21-4-2-1-3-5-21)25-26-23(30)24-15-18-12-19(16-24)14-20(13-18)17-24/h1-5,18-20H,6-17H2,(H,25,29)(H,26,30). The van der Waals surface area contributed by atoms with Gasteiger partial charge in [-0.25, -0.2) is 0 Å². The van der Waals surface area contributed by atoms with Crippen molar-refractivity contribution in [2.24, 2.45) is 23.2 Å². The van der Waals surface area contributed by atoms with Crippen LogP contribution in [0.4, 0.5) is 5.69 Å². The Hall–Kier alpha value is -2.08. The van der Waals surface area contributed by atoms with Gasteiger partial charge in [-0.2, -0.15) is 0 Å². The number of benzene rings is 1. The summed E-state index contributed by atoms with van der Waals surface area (Å²) in [4.78, 5) is 30.0. The van der Waals surface area contributed by atoms with Crippen molar-refractivity contribution >= 4 is 17.5 Å². The van der Waals surface area contributed by atoms with Gasteiger partial charge in [-0.15, -0.1) is 0 Å². The minimum Gasteiger partial charge on any atom is -0.369 e. The third-order valence-electron chi connectivity index (χ3n) is 7.98. The van der Waals surface area contributed by atoms with Crippen molar-refractivity contribution in [1.29, 1.82) is 0 Å². The first-order valence-electron chi connectivity index (χ1n) is 11.7. The zero-order chi connectivity index (χ0) is 20.6. The van der Waals surface area contributed by atoms with Crippen LogP contribution >= 0.6 is 0 Å². The van der Waals surface area contributed by atoms with Gasteiger partial charge in [-0.05, 0) is 68.4 Å². The summed E-state index contributed by atoms with van der Waals surface area (Å²) < 4.78 is 0. The smallest absolute Gasteiger partial charge is 0.244 e. The monoisotopic (exact) mass is 410 g/mol. The third-order valence-corrected chi connectivity index (χ3v) is 7.98. The second-order valence-corrected chi connectivity index (χ2v) is 10.1. The third kappa shape index (κ3) is 4.07. The molecule has 0 radical (unpaired) electrons. The summed E-state index contributed by atoms with van der Waals surface area (Å²) in [7, 11) is 0. The van der Waals surface area contributed by atoms with Crippen molar-refractivity contribution in [3.63, 3.8) is 0 Å². The van der Waals surface area contributed by atoms with Crippen LogP contribution < -0.4 is 15.8 Å². The molecule has 1 aromatic carbocycles. The fraction of sp³-hybridized carbons (Fsp3) is 0.667. The Kier molecular flexibility index (Phi) is 5.44. The predicted molar refractivity (Wildman–Crippen MR) is 117 cm³/mol. The van der Waals surface area contributed by atoms with Crippen molar-refractivity contribution in [3.05, 3.63) is 30.3 Å². The lowest BCUT2D eigenvalue weighted by atomic mass is 9.49. The molecule has 0 aromatic heterocycles. The molecule has 1 aliphatic heterocycles. The van der Waals surface area contributed by atoms with Crippen LogP contribution in [-0.4, -0.2) is 49.4 Å². The Bertz CT molecular complexity index is 737. The van der Waals surface area contributed by atoms with Crippen LogP contribution in [-0.2, 0) is 9.59 Å². The second kappa shape index (κ2) is 8.22. The zero-order valence-corrected chi connectivity index (χ0v) is 17.8. The van der Waals surface area contributed by atoms with E-state index in [1.807, 2.05) is 6.07 Å². The summed E-state index contributed by atoms with van der Waals surface area (Å²) in [5.74, 6) is 2.16. The van der Waals surface area contributed by atoms with Crippen LogP contribution in [0.2, 0.25) is 0 Å². The lowest BCUT2D eigenvalue weighted by Crippen LogP contribution is -2.57. The van der Waals surface area contributed by atoms with Crippen LogP contribution in [0.15, 0.2) is 30.3 Å². The lowest BCUT2D eigenvalue weighted by Gasteiger charge is -2.55. The number of carbonyl (C=O) groups excluding carboxylic acids is 2. The van der Waals surface area contributed by atoms with Gasteiger partial charge < -0.3 is 4.90 Å². The Morgan fingerprint density at radius 3 is 2.07 bits per heavy atom. The van der Waals surface area contributed by atoms with Crippen LogP contribution in [0.25, 0.3) is 0 Å². The van der Waals surface area contributed by atoms with E-state index < -0.39 is 0 Å². The van der Waals surface area contributed by atoms with Gasteiger partial charge in [-0.1, -0.05) is 18.2 Å². The van der Waals surface area contributed by atoms with Crippen LogP contribution in [0.5, 0.6) is 0 Å². The molecule has 1 aromatic rings. The Labute approximate surface area is 179 Å². The molecule has 0 spiro atoms. The number of hydrogen-bond donors (Lipinski definition) is 2. The molecular formula is C24H34N4O2. The molecular weight excluding hydrogens is 376 g/mol. The zero-order valence-electron chi connectivity index (χ0n) is 17.8. The first-order chi connectivity index (χ1) is 14.6. The van der Waals surface area contributed by atoms with Crippen LogP contribution in [0.3, 0.4) is 0 Å². The molecule has 0 atom stereocenters. The molecule has 0 unspecified atom stereocenters. The highest BCUT2D eigenvalue weighted by molar-refractivity contribution is 5.86. The summed E-state index contributed by atoms with van der Waals surface area (Å²) in [6.07, 6.45) is 7.43. The van der Waals surface area contributed by atoms with Crippen LogP contribution in [0.1, 0.15) is 44.9 Å². The molecule has 2 amide bonds. The van der Waals surface area contributed by atoms with E-state index in [1.165, 1.54) is 24.9 Å². The number of rotatable bonds is 5. The summed E-state index contributed by atoms with van der Waals surface area (Å²) in [5.41, 5.74) is 6.55. The van der Waals surface area contributed by atoms with Crippen molar-refractivity contribution in [2.75, 3.05) is 37.6 Å². The van der Waals surface area contributed by atoms with E-state index >= 15 is 0 Å². The summed E-state index contributed by atoms with van der Waals surface area (Å²) in [6, 6.07) is 10.5. The fourth-order valence-corrected chi connectivity index (χ4v) is 6.84. The van der Waals surface area contributed by atoms with Crippen molar-refractivity contribution in [2.45, 2.75) is 44.9 Å². The molecule has 4 bridgehead atoms. The number of amides is 2. The van der Waals surface area contributed by atoms with E-state index in [0.29, 0.717) is 6.42 Å². The number of anilines is 1. The highest BCUT2D eigenvalue weighted by Crippen LogP contribution is 2.60. The van der Waals surface area contributed by atoms with Crippen molar-refractivity contribution < 1.29 is 9.59 Å². The molecule has 6 heteroatoms. The topological polar surface area (TPSA) is 64.7 Å². The van der Waals surface area contributed by atoms with Gasteiger partial charge in [-0.3, -0.25) is 25.3 Å². The molecule has 5 aliphatic rings. The van der Waals surface area contributed by atoms with Gasteiger partial charge in [0.25, 0.3) is 0 Å². The molecule has 2 N–H and O–H groups in total. The molecule has 1 heterocycles. The molecule has 4 aliphatic carbocycles. The lowest BCUT2D eigenvalue weighted by molar-refractivity contribution is -0.149. The minimum absolute atomic E-state index is 0.0615. The van der Waals surface area contributed by atoms with Gasteiger partial charge >= 0.3 is 0 Å². The number of nitrogens with zero attached hydrogens (tertiary/aromatic N) is 2. The maximum Gasteiger partial charge on any atom is 0.244 e. The molecule has 30 heavy (non-hydrogen) atoms. The number of piperazine rings is 1. The normalized spacial score (nSPS) is 32.8. The highest BCUT2D eigenvalue weighted by atomic mass is 16.2. The molecule has 4 saturated carbocycles. The van der Waals surface area contributed by atoms with E-state index in [1.54, 1.807) is 0 Å². The second-order valence-electron chi connectivity index (χ2n) is 10.1. The summed E-state index contributed by atoms with van der Waals surface area (Å²) >= 11 is 0. The average molecular weight is 411 g/mol. The first kappa shape index (κ1) is 19.9. The van der Waals surface area contributed by atoms with E-state index in [0.717, 1.165) is 69.7 Å². The van der Waals surface area contributed by atoms with Gasteiger partial charge in [0.1, 0.15) is 0 Å². The minimum atomic E-state index is -0.213. The fourth-order valence-electron chi connectivity index (χ4n) is 6.84. The van der Waals surface area contributed by atoms with Crippen molar-refractivity contribution in [1.82, 2.24) is 15.8 Å². The Morgan fingerprint density at radius 1 is 0.867 bits per heavy atom. The highest BCUT2D eigenvalue weighted by Gasteiger charge is 2.54. The van der Waals surface area contributed by atoms with Gasteiger partial charge in [0.15, 0.2) is 0 Å². The van der Waals surface area contributed by atoms with E-state index in [2.05, 4.69) is 44.9 Å². The molecule has 1 saturated heterocycles. The summed E-state index contributed by atoms with van der Waals surface area (Å²) in [5, 5.41) is 0. The van der Waals surface area contributed by atoms with Gasteiger partial charge in [0.05, 0.1) is 5.41 Å². The van der Waals surface area contributed by atoms with Gasteiger partial charge in [0.2, 0.25) is 11.8 Å². The Balaban J connectivity index is 1.03. The molecule has 6 rings (SSSR count). The Morgan fingerprint density at radius 2 is 1.47 bits per heavy atom. The maximum atomic E-state index is 12.9. The maximum absolute atomic E-state index is 12.9. The number of nitrogens with one attached hydrogen (secondary N) is 2. The quantitative estimate of drug-likeness (QED) is 0.733. The number of hydrazine groups is 1. The number of carbonyl (C=O) groups is 2. The van der Waals surface area contributed by atoms with E-state index in [-0.39, 0.29) is 17.2 Å². The van der Waals surface area contributed by atoms with Gasteiger partial charge in [0, 0.05) is 44.8 Å². The first-order valence-corrected chi connectivity index (χ1v) is 11.7. The van der Waals surface area contributed by atoms with E-state index in [9.17, 15) is 9.59 Å². The SMILES string of the molecule is O=C(CCN1CCN(c2ccccc2)CC1)NNC(=O)C12CC3CC(CC(C3)C1)C2. The average Bonchev–Trinajstić information content (AvgIpc) is 2.76. The molecule has 5 fully saturated rings. The summed E-state index contributed by atoms with van der Waals surface area (Å²) in [6.45, 7) is 4.62. The largest absolute Gasteiger partial charge is 0.369 e. The van der Waals surface area contributed by atoms with Crippen molar-refractivity contribution in [3.8, 4) is 0 Å². The predicted octanol–water partition coefficient (Wildman–Crippen LogP) is 2.56.